The zero-order valence-corrected chi connectivity index (χ0v) is 14.4. The second-order valence-corrected chi connectivity index (χ2v) is 8.28. The molecule has 0 bridgehead atoms. The van der Waals surface area contributed by atoms with E-state index in [9.17, 15) is 23.1 Å². The number of carboxylic acids is 1. The van der Waals surface area contributed by atoms with Gasteiger partial charge in [0.25, 0.3) is 0 Å². The fraction of sp³-hybridized carbons (Fsp3) is 0.412. The summed E-state index contributed by atoms with van der Waals surface area (Å²) in [5.41, 5.74) is 1.09. The number of nitrogens with one attached hydrogen (secondary N) is 1. The molecule has 1 aliphatic heterocycles. The van der Waals surface area contributed by atoms with Gasteiger partial charge in [0.15, 0.2) is 0 Å². The lowest BCUT2D eigenvalue weighted by Gasteiger charge is -2.24. The molecule has 1 aromatic rings. The predicted molar refractivity (Wildman–Crippen MR) is 93.8 cm³/mol. The third-order valence-electron chi connectivity index (χ3n) is 4.61. The first-order valence-electron chi connectivity index (χ1n) is 8.17. The van der Waals surface area contributed by atoms with Gasteiger partial charge in [0.05, 0.1) is 23.3 Å². The maximum absolute atomic E-state index is 12.4. The Morgan fingerprint density at radius 3 is 2.28 bits per heavy atom. The molecule has 2 aliphatic rings. The monoisotopic (exact) mass is 364 g/mol. The molecule has 1 saturated heterocycles. The van der Waals surface area contributed by atoms with Crippen LogP contribution in [-0.4, -0.2) is 37.7 Å². The molecule has 1 heterocycles. The molecule has 134 valence electrons. The molecular weight excluding hydrogens is 344 g/mol. The van der Waals surface area contributed by atoms with Gasteiger partial charge in [-0.15, -0.1) is 0 Å². The van der Waals surface area contributed by atoms with Crippen molar-refractivity contribution in [2.45, 2.75) is 19.3 Å². The van der Waals surface area contributed by atoms with E-state index in [-0.39, 0.29) is 11.7 Å². The molecule has 3 rings (SSSR count). The lowest BCUT2D eigenvalue weighted by molar-refractivity contribution is -0.146. The average Bonchev–Trinajstić information content (AvgIpc) is 2.94. The van der Waals surface area contributed by atoms with Gasteiger partial charge in [-0.25, -0.2) is 8.42 Å². The summed E-state index contributed by atoms with van der Waals surface area (Å²) in [6.07, 6.45) is 4.96. The van der Waals surface area contributed by atoms with Crippen LogP contribution in [0.5, 0.6) is 0 Å². The van der Waals surface area contributed by atoms with Crippen LogP contribution >= 0.6 is 0 Å². The van der Waals surface area contributed by atoms with Crippen molar-refractivity contribution >= 4 is 33.3 Å². The summed E-state index contributed by atoms with van der Waals surface area (Å²) in [7, 11) is -3.24. The number of carbonyl (C=O) groups is 2. The SMILES string of the molecule is O=C(O)[C@H]1CC=CC[C@H]1C(=O)Nc1ccc(N2CCCS2(=O)=O)cc1. The Morgan fingerprint density at radius 2 is 1.72 bits per heavy atom. The highest BCUT2D eigenvalue weighted by Crippen LogP contribution is 2.28. The number of carbonyl (C=O) groups excluding carboxylic acids is 1. The third kappa shape index (κ3) is 3.68. The maximum atomic E-state index is 12.4. The van der Waals surface area contributed by atoms with Crippen LogP contribution in [0.2, 0.25) is 0 Å². The van der Waals surface area contributed by atoms with Crippen LogP contribution in [0.25, 0.3) is 0 Å². The Kier molecular flexibility index (Phi) is 4.80. The van der Waals surface area contributed by atoms with Crippen molar-refractivity contribution in [2.24, 2.45) is 11.8 Å². The summed E-state index contributed by atoms with van der Waals surface area (Å²) in [6.45, 7) is 0.461. The van der Waals surface area contributed by atoms with Gasteiger partial charge in [0.1, 0.15) is 0 Å². The van der Waals surface area contributed by atoms with Crippen molar-refractivity contribution < 1.29 is 23.1 Å². The van der Waals surface area contributed by atoms with Gasteiger partial charge >= 0.3 is 5.97 Å². The number of nitrogens with zero attached hydrogens (tertiary/aromatic N) is 1. The van der Waals surface area contributed by atoms with Crippen LogP contribution in [-0.2, 0) is 19.6 Å². The van der Waals surface area contributed by atoms with E-state index >= 15 is 0 Å². The molecule has 0 spiro atoms. The highest BCUT2D eigenvalue weighted by atomic mass is 32.2. The van der Waals surface area contributed by atoms with Crippen molar-refractivity contribution in [2.75, 3.05) is 21.9 Å². The number of carboxylic acid groups (broad SMARTS) is 1. The first-order chi connectivity index (χ1) is 11.9. The van der Waals surface area contributed by atoms with Crippen LogP contribution < -0.4 is 9.62 Å². The average molecular weight is 364 g/mol. The summed E-state index contributed by atoms with van der Waals surface area (Å²) in [4.78, 5) is 23.7. The minimum absolute atomic E-state index is 0.150. The van der Waals surface area contributed by atoms with Crippen molar-refractivity contribution in [3.05, 3.63) is 36.4 Å². The number of hydrogen-bond acceptors (Lipinski definition) is 4. The van der Waals surface area contributed by atoms with E-state index in [0.29, 0.717) is 37.2 Å². The minimum atomic E-state index is -3.24. The molecule has 25 heavy (non-hydrogen) atoms. The van der Waals surface area contributed by atoms with E-state index in [1.807, 2.05) is 6.08 Å². The number of amides is 1. The van der Waals surface area contributed by atoms with Gasteiger partial charge in [-0.3, -0.25) is 13.9 Å². The van der Waals surface area contributed by atoms with E-state index in [1.54, 1.807) is 30.3 Å². The maximum Gasteiger partial charge on any atom is 0.307 e. The Balaban J connectivity index is 1.70. The number of anilines is 2. The van der Waals surface area contributed by atoms with E-state index in [1.165, 1.54) is 4.31 Å². The number of allylic oxidation sites excluding steroid dienone is 2. The quantitative estimate of drug-likeness (QED) is 0.793. The van der Waals surface area contributed by atoms with Gasteiger partial charge in [0, 0.05) is 12.2 Å². The largest absolute Gasteiger partial charge is 0.481 e. The van der Waals surface area contributed by atoms with Crippen molar-refractivity contribution in [3.63, 3.8) is 0 Å². The van der Waals surface area contributed by atoms with Gasteiger partial charge in [-0.1, -0.05) is 12.2 Å². The van der Waals surface area contributed by atoms with Gasteiger partial charge < -0.3 is 10.4 Å². The fourth-order valence-corrected chi connectivity index (χ4v) is 4.82. The molecule has 2 atom stereocenters. The van der Waals surface area contributed by atoms with E-state index < -0.39 is 27.8 Å². The summed E-state index contributed by atoms with van der Waals surface area (Å²) in [5.74, 6) is -2.49. The summed E-state index contributed by atoms with van der Waals surface area (Å²) in [6, 6.07) is 6.56. The molecule has 7 nitrogen and oxygen atoms in total. The second kappa shape index (κ2) is 6.87. The van der Waals surface area contributed by atoms with Crippen LogP contribution in [0.3, 0.4) is 0 Å². The van der Waals surface area contributed by atoms with Gasteiger partial charge in [0.2, 0.25) is 15.9 Å². The lowest BCUT2D eigenvalue weighted by Crippen LogP contribution is -2.34. The highest BCUT2D eigenvalue weighted by Gasteiger charge is 2.34. The lowest BCUT2D eigenvalue weighted by atomic mass is 9.82. The Hall–Kier alpha value is -2.35. The molecule has 1 aromatic carbocycles. The molecule has 0 radical (unpaired) electrons. The van der Waals surface area contributed by atoms with Crippen LogP contribution in [0.1, 0.15) is 19.3 Å². The molecule has 0 unspecified atom stereocenters. The Bertz CT molecular complexity index is 801. The zero-order chi connectivity index (χ0) is 18.0. The van der Waals surface area contributed by atoms with Crippen molar-refractivity contribution in [3.8, 4) is 0 Å². The van der Waals surface area contributed by atoms with Crippen molar-refractivity contribution in [1.82, 2.24) is 0 Å². The van der Waals surface area contributed by atoms with Gasteiger partial charge in [-0.2, -0.15) is 0 Å². The molecule has 0 saturated carbocycles. The Labute approximate surface area is 146 Å². The smallest absolute Gasteiger partial charge is 0.307 e. The number of rotatable bonds is 4. The second-order valence-electron chi connectivity index (χ2n) is 6.27. The summed E-state index contributed by atoms with van der Waals surface area (Å²) < 4.78 is 25.2. The minimum Gasteiger partial charge on any atom is -0.481 e. The summed E-state index contributed by atoms with van der Waals surface area (Å²) in [5, 5.41) is 12.0. The zero-order valence-electron chi connectivity index (χ0n) is 13.6. The summed E-state index contributed by atoms with van der Waals surface area (Å²) >= 11 is 0. The number of sulfonamides is 1. The topological polar surface area (TPSA) is 104 Å². The number of hydrogen-bond donors (Lipinski definition) is 2. The van der Waals surface area contributed by atoms with E-state index in [0.717, 1.165) is 0 Å². The predicted octanol–water partition coefficient (Wildman–Crippen LogP) is 1.83. The third-order valence-corrected chi connectivity index (χ3v) is 6.48. The molecular formula is C17H20N2O5S. The first kappa shape index (κ1) is 17.5. The van der Waals surface area contributed by atoms with E-state index in [2.05, 4.69) is 5.32 Å². The standard InChI is InChI=1S/C17H20N2O5S/c20-16(14-4-1-2-5-15(14)17(21)22)18-12-6-8-13(9-7-12)19-10-3-11-25(19,23)24/h1-2,6-9,14-15H,3-5,10-11H2,(H,18,20)(H,21,22)/t14-,15+/m1/s1. The number of benzene rings is 1. The molecule has 1 amide bonds. The van der Waals surface area contributed by atoms with Crippen LogP contribution in [0.4, 0.5) is 11.4 Å². The van der Waals surface area contributed by atoms with Gasteiger partial charge in [-0.05, 0) is 43.5 Å². The highest BCUT2D eigenvalue weighted by molar-refractivity contribution is 7.93. The van der Waals surface area contributed by atoms with E-state index in [4.69, 9.17) is 0 Å². The molecule has 2 N–H and O–H groups in total. The van der Waals surface area contributed by atoms with Crippen LogP contribution in [0.15, 0.2) is 36.4 Å². The Morgan fingerprint density at radius 1 is 1.08 bits per heavy atom. The molecule has 1 aliphatic carbocycles. The normalized spacial score (nSPS) is 24.9. The first-order valence-corrected chi connectivity index (χ1v) is 9.78. The molecule has 0 aromatic heterocycles. The van der Waals surface area contributed by atoms with Crippen LogP contribution in [0, 0.1) is 11.8 Å². The number of aliphatic carboxylic acids is 1. The molecule has 1 fully saturated rings. The van der Waals surface area contributed by atoms with Crippen molar-refractivity contribution in [1.29, 1.82) is 0 Å². The molecule has 8 heteroatoms. The fourth-order valence-electron chi connectivity index (χ4n) is 3.25.